The minimum absolute atomic E-state index is 0.286. The molecule has 1 aromatic rings. The number of benzene rings is 1. The third kappa shape index (κ3) is 5.75. The molecule has 0 spiro atoms. The summed E-state index contributed by atoms with van der Waals surface area (Å²) in [6.07, 6.45) is 0. The molecule has 0 heterocycles. The molecule has 19 heavy (non-hydrogen) atoms. The Bertz CT molecular complexity index is 384. The summed E-state index contributed by atoms with van der Waals surface area (Å²) in [5.74, 6) is 1.05. The number of nitrogens with one attached hydrogen (secondary N) is 1. The van der Waals surface area contributed by atoms with Crippen LogP contribution >= 0.6 is 0 Å². The van der Waals surface area contributed by atoms with Crippen LogP contribution in [0, 0.1) is 5.92 Å². The van der Waals surface area contributed by atoms with Crippen molar-refractivity contribution in [1.29, 1.82) is 0 Å². The SMILES string of the molecule is CC(C)CN=C(N)NCC(c1ccccc1)N(C)C. The molecule has 106 valence electrons. The number of hydrogen-bond donors (Lipinski definition) is 2. The summed E-state index contributed by atoms with van der Waals surface area (Å²) in [6.45, 7) is 5.77. The lowest BCUT2D eigenvalue weighted by Crippen LogP contribution is -2.38. The summed E-state index contributed by atoms with van der Waals surface area (Å²) in [4.78, 5) is 6.49. The second-order valence-corrected chi connectivity index (χ2v) is 5.39. The molecule has 1 atom stereocenters. The number of aliphatic imine (C=N–C) groups is 1. The van der Waals surface area contributed by atoms with Crippen molar-refractivity contribution in [2.45, 2.75) is 19.9 Å². The monoisotopic (exact) mass is 262 g/mol. The van der Waals surface area contributed by atoms with Crippen molar-refractivity contribution in [3.8, 4) is 0 Å². The molecular formula is C15H26N4. The summed E-state index contributed by atoms with van der Waals surface area (Å²) in [5, 5.41) is 3.20. The Morgan fingerprint density at radius 2 is 1.89 bits per heavy atom. The van der Waals surface area contributed by atoms with E-state index in [1.165, 1.54) is 5.56 Å². The molecule has 0 fully saturated rings. The molecule has 4 heteroatoms. The summed E-state index contributed by atoms with van der Waals surface area (Å²) in [6, 6.07) is 10.7. The van der Waals surface area contributed by atoms with Crippen molar-refractivity contribution >= 4 is 5.96 Å². The van der Waals surface area contributed by atoms with Gasteiger partial charge in [0.15, 0.2) is 5.96 Å². The molecule has 0 aliphatic heterocycles. The zero-order valence-electron chi connectivity index (χ0n) is 12.4. The molecule has 0 saturated heterocycles. The molecule has 1 aromatic carbocycles. The third-order valence-electron chi connectivity index (χ3n) is 2.91. The largest absolute Gasteiger partial charge is 0.370 e. The average Bonchev–Trinajstić information content (AvgIpc) is 2.37. The summed E-state index contributed by atoms with van der Waals surface area (Å²) < 4.78 is 0. The summed E-state index contributed by atoms with van der Waals surface area (Å²) >= 11 is 0. The van der Waals surface area contributed by atoms with Gasteiger partial charge < -0.3 is 16.0 Å². The van der Waals surface area contributed by atoms with Gasteiger partial charge in [-0.25, -0.2) is 0 Å². The van der Waals surface area contributed by atoms with E-state index in [0.29, 0.717) is 11.9 Å². The van der Waals surface area contributed by atoms with Crippen molar-refractivity contribution in [3.63, 3.8) is 0 Å². The van der Waals surface area contributed by atoms with Crippen LogP contribution < -0.4 is 11.1 Å². The lowest BCUT2D eigenvalue weighted by atomic mass is 10.1. The highest BCUT2D eigenvalue weighted by atomic mass is 15.2. The molecule has 0 saturated carbocycles. The topological polar surface area (TPSA) is 53.6 Å². The van der Waals surface area contributed by atoms with Crippen LogP contribution in [0.1, 0.15) is 25.5 Å². The maximum atomic E-state index is 5.87. The third-order valence-corrected chi connectivity index (χ3v) is 2.91. The number of nitrogens with two attached hydrogens (primary N) is 1. The van der Waals surface area contributed by atoms with Crippen LogP contribution in [0.15, 0.2) is 35.3 Å². The van der Waals surface area contributed by atoms with E-state index in [1.54, 1.807) is 0 Å². The second kappa shape index (κ2) is 7.79. The molecule has 3 N–H and O–H groups in total. The number of likely N-dealkylation sites (N-methyl/N-ethyl adjacent to an activating group) is 1. The summed E-state index contributed by atoms with van der Waals surface area (Å²) in [7, 11) is 4.14. The highest BCUT2D eigenvalue weighted by Gasteiger charge is 2.13. The van der Waals surface area contributed by atoms with Crippen molar-refractivity contribution in [1.82, 2.24) is 10.2 Å². The number of nitrogens with zero attached hydrogens (tertiary/aromatic N) is 2. The molecule has 0 amide bonds. The lowest BCUT2D eigenvalue weighted by molar-refractivity contribution is 0.298. The van der Waals surface area contributed by atoms with E-state index in [4.69, 9.17) is 5.73 Å². The number of guanidine groups is 1. The predicted molar refractivity (Wildman–Crippen MR) is 82.2 cm³/mol. The Morgan fingerprint density at radius 3 is 2.42 bits per heavy atom. The lowest BCUT2D eigenvalue weighted by Gasteiger charge is -2.25. The Hall–Kier alpha value is -1.55. The molecular weight excluding hydrogens is 236 g/mol. The minimum Gasteiger partial charge on any atom is -0.370 e. The van der Waals surface area contributed by atoms with Crippen LogP contribution in [0.5, 0.6) is 0 Å². The van der Waals surface area contributed by atoms with Crippen molar-refractivity contribution in [2.24, 2.45) is 16.6 Å². The standard InChI is InChI=1S/C15H26N4/c1-12(2)10-17-15(16)18-11-14(19(3)4)13-8-6-5-7-9-13/h5-9,12,14H,10-11H2,1-4H3,(H3,16,17,18). The van der Waals surface area contributed by atoms with E-state index < -0.39 is 0 Å². The van der Waals surface area contributed by atoms with E-state index in [0.717, 1.165) is 13.1 Å². The first-order valence-corrected chi connectivity index (χ1v) is 6.76. The van der Waals surface area contributed by atoms with E-state index >= 15 is 0 Å². The van der Waals surface area contributed by atoms with Crippen molar-refractivity contribution in [3.05, 3.63) is 35.9 Å². The quantitative estimate of drug-likeness (QED) is 0.607. The molecule has 0 aliphatic rings. The van der Waals surface area contributed by atoms with Gasteiger partial charge in [0.25, 0.3) is 0 Å². The highest BCUT2D eigenvalue weighted by molar-refractivity contribution is 5.77. The van der Waals surface area contributed by atoms with E-state index in [2.05, 4.69) is 67.4 Å². The van der Waals surface area contributed by atoms with Crippen molar-refractivity contribution < 1.29 is 0 Å². The van der Waals surface area contributed by atoms with Crippen LogP contribution in [0.3, 0.4) is 0 Å². The summed E-state index contributed by atoms with van der Waals surface area (Å²) in [5.41, 5.74) is 7.14. The van der Waals surface area contributed by atoms with Gasteiger partial charge in [-0.1, -0.05) is 44.2 Å². The molecule has 1 unspecified atom stereocenters. The number of hydrogen-bond acceptors (Lipinski definition) is 2. The van der Waals surface area contributed by atoms with Gasteiger partial charge in [-0.05, 0) is 25.6 Å². The Balaban J connectivity index is 2.59. The van der Waals surface area contributed by atoms with Crippen LogP contribution in [0.4, 0.5) is 0 Å². The zero-order chi connectivity index (χ0) is 14.3. The second-order valence-electron chi connectivity index (χ2n) is 5.39. The molecule has 0 aliphatic carbocycles. The van der Waals surface area contributed by atoms with Gasteiger partial charge in [-0.15, -0.1) is 0 Å². The fourth-order valence-corrected chi connectivity index (χ4v) is 1.81. The highest BCUT2D eigenvalue weighted by Crippen LogP contribution is 2.16. The first-order chi connectivity index (χ1) is 9.00. The number of rotatable bonds is 6. The molecule has 0 radical (unpaired) electrons. The van der Waals surface area contributed by atoms with E-state index in [1.807, 2.05) is 6.07 Å². The Labute approximate surface area is 116 Å². The van der Waals surface area contributed by atoms with E-state index in [9.17, 15) is 0 Å². The Morgan fingerprint density at radius 1 is 1.26 bits per heavy atom. The smallest absolute Gasteiger partial charge is 0.188 e. The van der Waals surface area contributed by atoms with Crippen LogP contribution in [-0.4, -0.2) is 38.0 Å². The molecule has 0 aromatic heterocycles. The predicted octanol–water partition coefficient (Wildman–Crippen LogP) is 1.85. The van der Waals surface area contributed by atoms with Crippen molar-refractivity contribution in [2.75, 3.05) is 27.2 Å². The van der Waals surface area contributed by atoms with Gasteiger partial charge >= 0.3 is 0 Å². The molecule has 4 nitrogen and oxygen atoms in total. The normalized spacial score (nSPS) is 13.9. The maximum Gasteiger partial charge on any atom is 0.188 e. The fraction of sp³-hybridized carbons (Fsp3) is 0.533. The van der Waals surface area contributed by atoms with Gasteiger partial charge in [0, 0.05) is 13.1 Å². The van der Waals surface area contributed by atoms with Gasteiger partial charge in [-0.3, -0.25) is 4.99 Å². The van der Waals surface area contributed by atoms with Gasteiger partial charge in [-0.2, -0.15) is 0 Å². The van der Waals surface area contributed by atoms with Gasteiger partial charge in [0.1, 0.15) is 0 Å². The minimum atomic E-state index is 0.286. The maximum absolute atomic E-state index is 5.87. The first kappa shape index (κ1) is 15.5. The molecule has 1 rings (SSSR count). The van der Waals surface area contributed by atoms with Crippen LogP contribution in [0.2, 0.25) is 0 Å². The fourth-order valence-electron chi connectivity index (χ4n) is 1.81. The first-order valence-electron chi connectivity index (χ1n) is 6.76. The Kier molecular flexibility index (Phi) is 6.36. The average molecular weight is 262 g/mol. The zero-order valence-corrected chi connectivity index (χ0v) is 12.4. The van der Waals surface area contributed by atoms with E-state index in [-0.39, 0.29) is 6.04 Å². The van der Waals surface area contributed by atoms with Crippen LogP contribution in [-0.2, 0) is 0 Å². The van der Waals surface area contributed by atoms with Crippen LogP contribution in [0.25, 0.3) is 0 Å². The van der Waals surface area contributed by atoms with Gasteiger partial charge in [0.05, 0.1) is 6.04 Å². The molecule has 0 bridgehead atoms. The van der Waals surface area contributed by atoms with Gasteiger partial charge in [0.2, 0.25) is 0 Å².